The molecule has 0 fully saturated rings. The molecule has 0 saturated heterocycles. The third kappa shape index (κ3) is 3.57. The van der Waals surface area contributed by atoms with Crippen molar-refractivity contribution in [3.8, 4) is 28.4 Å². The summed E-state index contributed by atoms with van der Waals surface area (Å²) in [6.45, 7) is 1.58. The van der Waals surface area contributed by atoms with Gasteiger partial charge in [0.2, 0.25) is 0 Å². The predicted molar refractivity (Wildman–Crippen MR) is 100 cm³/mol. The van der Waals surface area contributed by atoms with E-state index in [0.29, 0.717) is 34.0 Å². The van der Waals surface area contributed by atoms with Crippen molar-refractivity contribution >= 4 is 16.9 Å². The van der Waals surface area contributed by atoms with E-state index in [2.05, 4.69) is 0 Å². The first-order chi connectivity index (χ1) is 12.9. The van der Waals surface area contributed by atoms with Gasteiger partial charge >= 0.3 is 5.63 Å². The lowest BCUT2D eigenvalue weighted by atomic mass is 9.98. The zero-order chi connectivity index (χ0) is 19.6. The van der Waals surface area contributed by atoms with E-state index in [1.807, 2.05) is 6.92 Å². The standard InChI is InChI=1S/C20H19NO6/c1-11-14-6-5-13(26-10-18(21)22)9-17(14)27-20(23)19(11)15-7-4-12(24-2)8-16(15)25-3/h4-9H,10H2,1-3H3,(H2,21,22). The molecule has 1 heterocycles. The Balaban J connectivity index is 2.14. The number of rotatable bonds is 6. The lowest BCUT2D eigenvalue weighted by Crippen LogP contribution is -2.20. The lowest BCUT2D eigenvalue weighted by molar-refractivity contribution is -0.119. The number of carbonyl (C=O) groups excluding carboxylic acids is 1. The molecule has 0 unspecified atom stereocenters. The van der Waals surface area contributed by atoms with Crippen LogP contribution in [0.5, 0.6) is 17.2 Å². The smallest absolute Gasteiger partial charge is 0.344 e. The average Bonchev–Trinajstić information content (AvgIpc) is 2.66. The molecule has 0 aliphatic rings. The molecule has 0 saturated carbocycles. The molecule has 7 heteroatoms. The van der Waals surface area contributed by atoms with Crippen molar-refractivity contribution in [2.75, 3.05) is 20.8 Å². The van der Waals surface area contributed by atoms with Crippen molar-refractivity contribution in [1.82, 2.24) is 0 Å². The zero-order valence-electron chi connectivity index (χ0n) is 15.2. The van der Waals surface area contributed by atoms with Crippen LogP contribution in [0.2, 0.25) is 0 Å². The topological polar surface area (TPSA) is 101 Å². The number of hydrogen-bond donors (Lipinski definition) is 1. The molecule has 0 aliphatic heterocycles. The van der Waals surface area contributed by atoms with Crippen LogP contribution in [0, 0.1) is 6.92 Å². The summed E-state index contributed by atoms with van der Waals surface area (Å²) >= 11 is 0. The Morgan fingerprint density at radius 1 is 1.07 bits per heavy atom. The Morgan fingerprint density at radius 3 is 2.48 bits per heavy atom. The number of nitrogens with two attached hydrogens (primary N) is 1. The van der Waals surface area contributed by atoms with Crippen molar-refractivity contribution in [3.63, 3.8) is 0 Å². The van der Waals surface area contributed by atoms with Crippen LogP contribution in [0.15, 0.2) is 45.6 Å². The van der Waals surface area contributed by atoms with Gasteiger partial charge in [-0.1, -0.05) is 0 Å². The van der Waals surface area contributed by atoms with Gasteiger partial charge in [-0.2, -0.15) is 0 Å². The number of carbonyl (C=O) groups is 1. The summed E-state index contributed by atoms with van der Waals surface area (Å²) in [5, 5.41) is 0.744. The van der Waals surface area contributed by atoms with Gasteiger partial charge in [-0.15, -0.1) is 0 Å². The van der Waals surface area contributed by atoms with E-state index in [9.17, 15) is 9.59 Å². The highest BCUT2D eigenvalue weighted by molar-refractivity contribution is 5.88. The third-order valence-corrected chi connectivity index (χ3v) is 4.20. The van der Waals surface area contributed by atoms with Gasteiger partial charge in [0, 0.05) is 23.1 Å². The second-order valence-corrected chi connectivity index (χ2v) is 5.87. The van der Waals surface area contributed by atoms with Gasteiger partial charge in [0.1, 0.15) is 22.8 Å². The van der Waals surface area contributed by atoms with Gasteiger partial charge in [0.15, 0.2) is 6.61 Å². The molecule has 1 aromatic heterocycles. The first-order valence-corrected chi connectivity index (χ1v) is 8.15. The van der Waals surface area contributed by atoms with E-state index in [4.69, 9.17) is 24.4 Å². The number of benzene rings is 2. The summed E-state index contributed by atoms with van der Waals surface area (Å²) in [7, 11) is 3.08. The quantitative estimate of drug-likeness (QED) is 0.671. The van der Waals surface area contributed by atoms with Gasteiger partial charge in [-0.3, -0.25) is 4.79 Å². The van der Waals surface area contributed by atoms with Crippen LogP contribution in [0.3, 0.4) is 0 Å². The van der Waals surface area contributed by atoms with Gasteiger partial charge in [-0.25, -0.2) is 4.79 Å². The van der Waals surface area contributed by atoms with E-state index in [1.54, 1.807) is 43.5 Å². The van der Waals surface area contributed by atoms with Gasteiger partial charge in [0.05, 0.1) is 19.8 Å². The average molecular weight is 369 g/mol. The monoisotopic (exact) mass is 369 g/mol. The number of aryl methyl sites for hydroxylation is 1. The molecular weight excluding hydrogens is 350 g/mol. The van der Waals surface area contributed by atoms with Gasteiger partial charge in [0.25, 0.3) is 5.91 Å². The van der Waals surface area contributed by atoms with Crippen LogP contribution in [0.25, 0.3) is 22.1 Å². The SMILES string of the molecule is COc1ccc(-c2c(C)c3ccc(OCC(N)=O)cc3oc2=O)c(OC)c1. The highest BCUT2D eigenvalue weighted by atomic mass is 16.5. The van der Waals surface area contributed by atoms with E-state index in [-0.39, 0.29) is 6.61 Å². The Kier molecular flexibility index (Phi) is 5.03. The molecule has 0 aliphatic carbocycles. The Bertz CT molecular complexity index is 1070. The largest absolute Gasteiger partial charge is 0.497 e. The fourth-order valence-electron chi connectivity index (χ4n) is 2.90. The molecule has 7 nitrogen and oxygen atoms in total. The third-order valence-electron chi connectivity index (χ3n) is 4.20. The first-order valence-electron chi connectivity index (χ1n) is 8.15. The lowest BCUT2D eigenvalue weighted by Gasteiger charge is -2.13. The maximum Gasteiger partial charge on any atom is 0.344 e. The maximum atomic E-state index is 12.7. The van der Waals surface area contributed by atoms with Gasteiger partial charge < -0.3 is 24.4 Å². The van der Waals surface area contributed by atoms with Crippen LogP contribution < -0.4 is 25.6 Å². The fourth-order valence-corrected chi connectivity index (χ4v) is 2.90. The Hall–Kier alpha value is -3.48. The van der Waals surface area contributed by atoms with Crippen LogP contribution in [-0.2, 0) is 4.79 Å². The highest BCUT2D eigenvalue weighted by Gasteiger charge is 2.18. The summed E-state index contributed by atoms with van der Waals surface area (Å²) in [5.74, 6) is 0.925. The molecule has 2 N–H and O–H groups in total. The summed E-state index contributed by atoms with van der Waals surface area (Å²) < 4.78 is 21.4. The second-order valence-electron chi connectivity index (χ2n) is 5.87. The molecule has 3 rings (SSSR count). The Labute approximate surface area is 155 Å². The minimum absolute atomic E-state index is 0.254. The first kappa shape index (κ1) is 18.3. The zero-order valence-corrected chi connectivity index (χ0v) is 15.2. The molecule has 0 spiro atoms. The molecule has 3 aromatic rings. The van der Waals surface area contributed by atoms with Crippen molar-refractivity contribution in [1.29, 1.82) is 0 Å². The molecule has 140 valence electrons. The molecule has 0 radical (unpaired) electrons. The molecule has 1 amide bonds. The Morgan fingerprint density at radius 2 is 1.81 bits per heavy atom. The minimum atomic E-state index is -0.588. The fraction of sp³-hybridized carbons (Fsp3) is 0.200. The summed E-state index contributed by atoms with van der Waals surface area (Å²) in [6.07, 6.45) is 0. The van der Waals surface area contributed by atoms with Crippen molar-refractivity contribution in [3.05, 3.63) is 52.4 Å². The second kappa shape index (κ2) is 7.41. The van der Waals surface area contributed by atoms with Crippen LogP contribution in [-0.4, -0.2) is 26.7 Å². The number of fused-ring (bicyclic) bond motifs is 1. The molecular formula is C20H19NO6. The summed E-state index contributed by atoms with van der Waals surface area (Å²) in [5.41, 5.74) is 6.69. The van der Waals surface area contributed by atoms with Crippen molar-refractivity contribution < 1.29 is 23.4 Å². The van der Waals surface area contributed by atoms with E-state index < -0.39 is 11.5 Å². The number of methoxy groups -OCH3 is 2. The van der Waals surface area contributed by atoms with Crippen LogP contribution in [0.1, 0.15) is 5.56 Å². The highest BCUT2D eigenvalue weighted by Crippen LogP contribution is 2.35. The minimum Gasteiger partial charge on any atom is -0.497 e. The van der Waals surface area contributed by atoms with Crippen molar-refractivity contribution in [2.45, 2.75) is 6.92 Å². The van der Waals surface area contributed by atoms with Crippen LogP contribution in [0.4, 0.5) is 0 Å². The number of ether oxygens (including phenoxy) is 3. The van der Waals surface area contributed by atoms with Crippen LogP contribution >= 0.6 is 0 Å². The normalized spacial score (nSPS) is 10.6. The van der Waals surface area contributed by atoms with E-state index in [0.717, 1.165) is 10.9 Å². The van der Waals surface area contributed by atoms with E-state index >= 15 is 0 Å². The molecule has 2 aromatic carbocycles. The van der Waals surface area contributed by atoms with Gasteiger partial charge in [-0.05, 0) is 36.8 Å². The summed E-state index contributed by atoms with van der Waals surface area (Å²) in [4.78, 5) is 23.5. The number of primary amides is 1. The van der Waals surface area contributed by atoms with E-state index in [1.165, 1.54) is 7.11 Å². The molecule has 0 atom stereocenters. The number of hydrogen-bond acceptors (Lipinski definition) is 6. The number of amides is 1. The predicted octanol–water partition coefficient (Wildman–Crippen LogP) is 2.65. The maximum absolute atomic E-state index is 12.7. The van der Waals surface area contributed by atoms with Crippen molar-refractivity contribution in [2.24, 2.45) is 5.73 Å². The molecule has 27 heavy (non-hydrogen) atoms. The summed E-state index contributed by atoms with van der Waals surface area (Å²) in [6, 6.07) is 10.2. The molecule has 0 bridgehead atoms.